The van der Waals surface area contributed by atoms with Gasteiger partial charge in [0.25, 0.3) is 5.91 Å². The number of nitrogens with zero attached hydrogens (tertiary/aromatic N) is 1. The number of rotatable bonds is 8. The lowest BCUT2D eigenvalue weighted by Crippen LogP contribution is -2.12. The molecule has 2 N–H and O–H groups in total. The summed E-state index contributed by atoms with van der Waals surface area (Å²) in [5, 5.41) is 6.01. The fourth-order valence-corrected chi connectivity index (χ4v) is 2.66. The van der Waals surface area contributed by atoms with Gasteiger partial charge in [-0.1, -0.05) is 0 Å². The molecule has 0 unspecified atom stereocenters. The van der Waals surface area contributed by atoms with Gasteiger partial charge in [-0.2, -0.15) is 0 Å². The van der Waals surface area contributed by atoms with Crippen LogP contribution in [0, 0.1) is 0 Å². The Bertz CT molecular complexity index is 957. The van der Waals surface area contributed by atoms with E-state index in [0.29, 0.717) is 40.9 Å². The molecule has 150 valence electrons. The number of nitrogens with one attached hydrogen (secondary N) is 2. The first-order chi connectivity index (χ1) is 14.1. The molecule has 29 heavy (non-hydrogen) atoms. The van der Waals surface area contributed by atoms with E-state index >= 15 is 0 Å². The van der Waals surface area contributed by atoms with Gasteiger partial charge in [-0.05, 0) is 55.5 Å². The number of benzene rings is 2. The summed E-state index contributed by atoms with van der Waals surface area (Å²) in [5.41, 5.74) is 1.84. The lowest BCUT2D eigenvalue weighted by atomic mass is 10.2. The Morgan fingerprint density at radius 3 is 2.34 bits per heavy atom. The highest BCUT2D eigenvalue weighted by Gasteiger charge is 2.09. The molecule has 1 amide bonds. The zero-order valence-corrected chi connectivity index (χ0v) is 16.6. The fourth-order valence-electron chi connectivity index (χ4n) is 2.66. The summed E-state index contributed by atoms with van der Waals surface area (Å²) < 4.78 is 16.0. The van der Waals surface area contributed by atoms with Gasteiger partial charge >= 0.3 is 0 Å². The molecule has 1 heterocycles. The van der Waals surface area contributed by atoms with Gasteiger partial charge in [0.1, 0.15) is 23.1 Å². The Kier molecular flexibility index (Phi) is 6.52. The Balaban J connectivity index is 1.67. The van der Waals surface area contributed by atoms with Gasteiger partial charge in [-0.15, -0.1) is 0 Å². The SMILES string of the molecule is CCOc1ccc(NC(=O)c2ccc(Nc3cc(OC)ccc3OC)nc2)cc1. The first-order valence-corrected chi connectivity index (χ1v) is 9.12. The lowest BCUT2D eigenvalue weighted by Gasteiger charge is -2.12. The Morgan fingerprint density at radius 2 is 1.72 bits per heavy atom. The van der Waals surface area contributed by atoms with E-state index in [-0.39, 0.29) is 5.91 Å². The molecule has 3 aromatic rings. The van der Waals surface area contributed by atoms with Crippen molar-refractivity contribution in [2.75, 3.05) is 31.5 Å². The van der Waals surface area contributed by atoms with Crippen molar-refractivity contribution in [2.45, 2.75) is 6.92 Å². The first-order valence-electron chi connectivity index (χ1n) is 9.12. The van der Waals surface area contributed by atoms with Gasteiger partial charge in [0, 0.05) is 18.0 Å². The molecule has 0 aliphatic rings. The van der Waals surface area contributed by atoms with Crippen LogP contribution >= 0.6 is 0 Å². The number of carbonyl (C=O) groups excluding carboxylic acids is 1. The fraction of sp³-hybridized carbons (Fsp3) is 0.182. The molecule has 0 aliphatic heterocycles. The smallest absolute Gasteiger partial charge is 0.257 e. The van der Waals surface area contributed by atoms with Gasteiger partial charge < -0.3 is 24.8 Å². The predicted octanol–water partition coefficient (Wildman–Crippen LogP) is 4.49. The molecule has 0 spiro atoms. The van der Waals surface area contributed by atoms with Crippen LogP contribution < -0.4 is 24.8 Å². The van der Waals surface area contributed by atoms with Crippen LogP contribution in [0.1, 0.15) is 17.3 Å². The maximum absolute atomic E-state index is 12.4. The number of carbonyl (C=O) groups is 1. The largest absolute Gasteiger partial charge is 0.497 e. The molecule has 0 saturated heterocycles. The van der Waals surface area contributed by atoms with E-state index in [0.717, 1.165) is 5.75 Å². The summed E-state index contributed by atoms with van der Waals surface area (Å²) in [7, 11) is 3.19. The van der Waals surface area contributed by atoms with Gasteiger partial charge in [-0.25, -0.2) is 4.98 Å². The number of hydrogen-bond acceptors (Lipinski definition) is 6. The van der Waals surface area contributed by atoms with Crippen LogP contribution in [0.2, 0.25) is 0 Å². The van der Waals surface area contributed by atoms with E-state index in [1.807, 2.05) is 31.2 Å². The highest BCUT2D eigenvalue weighted by Crippen LogP contribution is 2.31. The van der Waals surface area contributed by atoms with E-state index < -0.39 is 0 Å². The topological polar surface area (TPSA) is 81.7 Å². The van der Waals surface area contributed by atoms with Gasteiger partial charge in [0.15, 0.2) is 0 Å². The minimum atomic E-state index is -0.243. The Morgan fingerprint density at radius 1 is 0.966 bits per heavy atom. The summed E-state index contributed by atoms with van der Waals surface area (Å²) in [6.07, 6.45) is 1.51. The molecule has 7 nitrogen and oxygen atoms in total. The molecule has 0 saturated carbocycles. The predicted molar refractivity (Wildman–Crippen MR) is 113 cm³/mol. The standard InChI is InChI=1S/C22H23N3O4/c1-4-29-17-8-6-16(7-9-17)24-22(26)15-5-12-21(23-14-15)25-19-13-18(27-2)10-11-20(19)28-3/h5-14H,4H2,1-3H3,(H,23,25)(H,24,26). The van der Waals surface area contributed by atoms with Crippen LogP contribution in [0.25, 0.3) is 0 Å². The third-order valence-corrected chi connectivity index (χ3v) is 4.12. The van der Waals surface area contributed by atoms with Crippen LogP contribution in [-0.4, -0.2) is 31.7 Å². The van der Waals surface area contributed by atoms with Crippen molar-refractivity contribution >= 4 is 23.1 Å². The van der Waals surface area contributed by atoms with Crippen molar-refractivity contribution in [3.8, 4) is 17.2 Å². The highest BCUT2D eigenvalue weighted by atomic mass is 16.5. The zero-order valence-electron chi connectivity index (χ0n) is 16.6. The van der Waals surface area contributed by atoms with Crippen LogP contribution in [0.3, 0.4) is 0 Å². The summed E-state index contributed by atoms with van der Waals surface area (Å²) >= 11 is 0. The second-order valence-corrected chi connectivity index (χ2v) is 6.03. The molecule has 0 fully saturated rings. The average molecular weight is 393 g/mol. The van der Waals surface area contributed by atoms with Crippen LogP contribution in [0.15, 0.2) is 60.8 Å². The number of ether oxygens (including phenoxy) is 3. The van der Waals surface area contributed by atoms with Crippen molar-refractivity contribution in [3.05, 3.63) is 66.4 Å². The van der Waals surface area contributed by atoms with E-state index in [1.54, 1.807) is 44.6 Å². The molecule has 2 aromatic carbocycles. The maximum Gasteiger partial charge on any atom is 0.257 e. The van der Waals surface area contributed by atoms with E-state index in [9.17, 15) is 4.79 Å². The summed E-state index contributed by atoms with van der Waals surface area (Å²) in [4.78, 5) is 16.8. The molecule has 0 radical (unpaired) electrons. The van der Waals surface area contributed by atoms with E-state index in [1.165, 1.54) is 6.20 Å². The molecule has 0 aliphatic carbocycles. The van der Waals surface area contributed by atoms with Gasteiger partial charge in [-0.3, -0.25) is 4.79 Å². The third-order valence-electron chi connectivity index (χ3n) is 4.12. The molecule has 0 bridgehead atoms. The Labute approximate surface area is 169 Å². The van der Waals surface area contributed by atoms with Crippen LogP contribution in [-0.2, 0) is 0 Å². The lowest BCUT2D eigenvalue weighted by molar-refractivity contribution is 0.102. The number of pyridine rings is 1. The molecule has 3 rings (SSSR count). The first kappa shape index (κ1) is 20.0. The zero-order chi connectivity index (χ0) is 20.6. The van der Waals surface area contributed by atoms with E-state index in [4.69, 9.17) is 14.2 Å². The van der Waals surface area contributed by atoms with Crippen molar-refractivity contribution in [1.82, 2.24) is 4.98 Å². The maximum atomic E-state index is 12.4. The molecular weight excluding hydrogens is 370 g/mol. The number of hydrogen-bond donors (Lipinski definition) is 2. The average Bonchev–Trinajstić information content (AvgIpc) is 2.75. The van der Waals surface area contributed by atoms with Crippen molar-refractivity contribution in [1.29, 1.82) is 0 Å². The molecule has 7 heteroatoms. The minimum Gasteiger partial charge on any atom is -0.497 e. The summed E-state index contributed by atoms with van der Waals surface area (Å²) in [5.74, 6) is 2.45. The van der Waals surface area contributed by atoms with Crippen molar-refractivity contribution < 1.29 is 19.0 Å². The highest BCUT2D eigenvalue weighted by molar-refractivity contribution is 6.04. The molecule has 1 aromatic heterocycles. The van der Waals surface area contributed by atoms with E-state index in [2.05, 4.69) is 15.6 Å². The van der Waals surface area contributed by atoms with Gasteiger partial charge in [0.05, 0.1) is 32.1 Å². The number of amides is 1. The quantitative estimate of drug-likeness (QED) is 0.587. The molecule has 0 atom stereocenters. The Hall–Kier alpha value is -3.74. The molecular formula is C22H23N3O4. The number of methoxy groups -OCH3 is 2. The third kappa shape index (κ3) is 5.16. The van der Waals surface area contributed by atoms with Crippen LogP contribution in [0.5, 0.6) is 17.2 Å². The second kappa shape index (κ2) is 9.45. The summed E-state index contributed by atoms with van der Waals surface area (Å²) in [6, 6.07) is 16.1. The second-order valence-electron chi connectivity index (χ2n) is 6.03. The summed E-state index contributed by atoms with van der Waals surface area (Å²) in [6.45, 7) is 2.52. The monoisotopic (exact) mass is 393 g/mol. The van der Waals surface area contributed by atoms with Gasteiger partial charge in [0.2, 0.25) is 0 Å². The normalized spacial score (nSPS) is 10.2. The number of anilines is 3. The van der Waals surface area contributed by atoms with Crippen molar-refractivity contribution in [3.63, 3.8) is 0 Å². The van der Waals surface area contributed by atoms with Crippen molar-refractivity contribution in [2.24, 2.45) is 0 Å². The number of aromatic nitrogens is 1. The van der Waals surface area contributed by atoms with Crippen LogP contribution in [0.4, 0.5) is 17.2 Å². The minimum absolute atomic E-state index is 0.243.